The molecule has 1 aromatic rings. The van der Waals surface area contributed by atoms with E-state index in [4.69, 9.17) is 0 Å². The van der Waals surface area contributed by atoms with Gasteiger partial charge in [0.25, 0.3) is 0 Å². The fourth-order valence-electron chi connectivity index (χ4n) is 2.13. The molecule has 16 heavy (non-hydrogen) atoms. The van der Waals surface area contributed by atoms with Gasteiger partial charge in [-0.15, -0.1) is 0 Å². The molecule has 0 bridgehead atoms. The van der Waals surface area contributed by atoms with Crippen LogP contribution in [0.2, 0.25) is 0 Å². The third kappa shape index (κ3) is 2.56. The fourth-order valence-corrected chi connectivity index (χ4v) is 2.50. The summed E-state index contributed by atoms with van der Waals surface area (Å²) in [5.74, 6) is 0.384. The van der Waals surface area contributed by atoms with Crippen LogP contribution in [0.1, 0.15) is 18.5 Å². The Kier molecular flexibility index (Phi) is 3.84. The molecule has 4 heteroatoms. The van der Waals surface area contributed by atoms with Crippen molar-refractivity contribution in [3.05, 3.63) is 28.2 Å². The molecule has 0 aromatic heterocycles. The maximum absolute atomic E-state index is 9.87. The first-order valence-corrected chi connectivity index (χ1v) is 6.41. The number of piperazine rings is 1. The normalized spacial score (nSPS) is 19.6. The van der Waals surface area contributed by atoms with Crippen LogP contribution in [0.5, 0.6) is 5.75 Å². The van der Waals surface area contributed by atoms with Gasteiger partial charge in [-0.2, -0.15) is 0 Å². The number of nitrogens with one attached hydrogen (secondary N) is 1. The second-order valence-corrected chi connectivity index (χ2v) is 5.08. The van der Waals surface area contributed by atoms with E-state index in [1.807, 2.05) is 12.1 Å². The zero-order chi connectivity index (χ0) is 11.5. The SMILES string of the molecule is CC(c1cc(Br)ccc1O)N1CCNCC1. The molecule has 1 aliphatic rings. The highest BCUT2D eigenvalue weighted by molar-refractivity contribution is 9.10. The summed E-state index contributed by atoms with van der Waals surface area (Å²) in [6.45, 7) is 6.27. The zero-order valence-corrected chi connectivity index (χ0v) is 11.0. The number of halogens is 1. The highest BCUT2D eigenvalue weighted by Gasteiger charge is 2.20. The minimum atomic E-state index is 0.264. The fraction of sp³-hybridized carbons (Fsp3) is 0.500. The second kappa shape index (κ2) is 5.17. The average Bonchev–Trinajstić information content (AvgIpc) is 2.32. The lowest BCUT2D eigenvalue weighted by atomic mass is 10.1. The number of aromatic hydroxyl groups is 1. The van der Waals surface area contributed by atoms with Gasteiger partial charge in [-0.05, 0) is 25.1 Å². The molecule has 88 valence electrons. The summed E-state index contributed by atoms with van der Waals surface area (Å²) in [5.41, 5.74) is 0.997. The number of nitrogens with zero attached hydrogens (tertiary/aromatic N) is 1. The molecule has 1 unspecified atom stereocenters. The Balaban J connectivity index is 2.18. The first-order chi connectivity index (χ1) is 7.68. The summed E-state index contributed by atoms with van der Waals surface area (Å²) in [5, 5.41) is 13.2. The molecule has 2 rings (SSSR count). The minimum absolute atomic E-state index is 0.264. The summed E-state index contributed by atoms with van der Waals surface area (Å²) in [6, 6.07) is 5.88. The van der Waals surface area contributed by atoms with Gasteiger partial charge >= 0.3 is 0 Å². The Bertz CT molecular complexity index is 364. The second-order valence-electron chi connectivity index (χ2n) is 4.17. The highest BCUT2D eigenvalue weighted by Crippen LogP contribution is 2.30. The molecule has 1 aromatic carbocycles. The van der Waals surface area contributed by atoms with Crippen molar-refractivity contribution in [1.82, 2.24) is 10.2 Å². The van der Waals surface area contributed by atoms with Crippen molar-refractivity contribution in [2.75, 3.05) is 26.2 Å². The lowest BCUT2D eigenvalue weighted by Crippen LogP contribution is -2.44. The largest absolute Gasteiger partial charge is 0.508 e. The standard InChI is InChI=1S/C12H17BrN2O/c1-9(15-6-4-14-5-7-15)11-8-10(13)2-3-12(11)16/h2-3,8-9,14,16H,4-7H2,1H3. The number of rotatable bonds is 2. The van der Waals surface area contributed by atoms with E-state index in [1.165, 1.54) is 0 Å². The average molecular weight is 285 g/mol. The van der Waals surface area contributed by atoms with Crippen LogP contribution in [0.15, 0.2) is 22.7 Å². The smallest absolute Gasteiger partial charge is 0.120 e. The van der Waals surface area contributed by atoms with Gasteiger partial charge in [0, 0.05) is 42.3 Å². The summed E-state index contributed by atoms with van der Waals surface area (Å²) >= 11 is 3.45. The Hall–Kier alpha value is -0.580. The van der Waals surface area contributed by atoms with E-state index < -0.39 is 0 Å². The molecule has 3 nitrogen and oxygen atoms in total. The number of hydrogen-bond acceptors (Lipinski definition) is 3. The van der Waals surface area contributed by atoms with E-state index in [-0.39, 0.29) is 6.04 Å². The van der Waals surface area contributed by atoms with Crippen molar-refractivity contribution in [3.63, 3.8) is 0 Å². The molecule has 1 heterocycles. The van der Waals surface area contributed by atoms with Crippen LogP contribution in [0.25, 0.3) is 0 Å². The van der Waals surface area contributed by atoms with E-state index in [1.54, 1.807) is 6.07 Å². The van der Waals surface area contributed by atoms with Gasteiger partial charge in [0.15, 0.2) is 0 Å². The minimum Gasteiger partial charge on any atom is -0.508 e. The molecule has 0 aliphatic carbocycles. The van der Waals surface area contributed by atoms with E-state index in [2.05, 4.69) is 33.1 Å². The molecule has 1 aliphatic heterocycles. The molecule has 1 saturated heterocycles. The van der Waals surface area contributed by atoms with Gasteiger partial charge in [-0.3, -0.25) is 4.90 Å². The van der Waals surface area contributed by atoms with Crippen LogP contribution in [-0.2, 0) is 0 Å². The summed E-state index contributed by atoms with van der Waals surface area (Å²) in [6.07, 6.45) is 0. The summed E-state index contributed by atoms with van der Waals surface area (Å²) < 4.78 is 1.02. The molecule has 0 amide bonds. The lowest BCUT2D eigenvalue weighted by Gasteiger charge is -2.33. The van der Waals surface area contributed by atoms with Crippen LogP contribution in [0.3, 0.4) is 0 Å². The van der Waals surface area contributed by atoms with Crippen LogP contribution in [0, 0.1) is 0 Å². The molecular formula is C12H17BrN2O. The lowest BCUT2D eigenvalue weighted by molar-refractivity contribution is 0.183. The van der Waals surface area contributed by atoms with E-state index >= 15 is 0 Å². The van der Waals surface area contributed by atoms with Crippen molar-refractivity contribution in [2.45, 2.75) is 13.0 Å². The number of hydrogen-bond donors (Lipinski definition) is 2. The van der Waals surface area contributed by atoms with Crippen LogP contribution >= 0.6 is 15.9 Å². The van der Waals surface area contributed by atoms with E-state index in [9.17, 15) is 5.11 Å². The van der Waals surface area contributed by atoms with Crippen LogP contribution < -0.4 is 5.32 Å². The van der Waals surface area contributed by atoms with Crippen molar-refractivity contribution in [2.24, 2.45) is 0 Å². The van der Waals surface area contributed by atoms with Gasteiger partial charge in [0.2, 0.25) is 0 Å². The quantitative estimate of drug-likeness (QED) is 0.873. The van der Waals surface area contributed by atoms with Crippen LogP contribution in [-0.4, -0.2) is 36.2 Å². The third-order valence-corrected chi connectivity index (χ3v) is 3.63. The predicted octanol–water partition coefficient (Wildman–Crippen LogP) is 2.12. The van der Waals surface area contributed by atoms with Gasteiger partial charge in [0.05, 0.1) is 0 Å². The topological polar surface area (TPSA) is 35.5 Å². The first kappa shape index (κ1) is 11.9. The van der Waals surface area contributed by atoms with E-state index in [0.29, 0.717) is 5.75 Å². The van der Waals surface area contributed by atoms with Gasteiger partial charge < -0.3 is 10.4 Å². The van der Waals surface area contributed by atoms with Crippen molar-refractivity contribution >= 4 is 15.9 Å². The number of phenolic OH excluding ortho intramolecular Hbond substituents is 1. The molecule has 0 saturated carbocycles. The van der Waals surface area contributed by atoms with Gasteiger partial charge in [0.1, 0.15) is 5.75 Å². The summed E-state index contributed by atoms with van der Waals surface area (Å²) in [4.78, 5) is 2.39. The predicted molar refractivity (Wildman–Crippen MR) is 68.7 cm³/mol. The first-order valence-electron chi connectivity index (χ1n) is 5.61. The Labute approximate surface area is 105 Å². The maximum Gasteiger partial charge on any atom is 0.120 e. The number of benzene rings is 1. The number of phenols is 1. The zero-order valence-electron chi connectivity index (χ0n) is 9.41. The molecular weight excluding hydrogens is 268 g/mol. The maximum atomic E-state index is 9.87. The molecule has 0 spiro atoms. The van der Waals surface area contributed by atoms with Crippen molar-refractivity contribution < 1.29 is 5.11 Å². The molecule has 1 fully saturated rings. The van der Waals surface area contributed by atoms with Crippen molar-refractivity contribution in [3.8, 4) is 5.75 Å². The Morgan fingerprint density at radius 2 is 2.06 bits per heavy atom. The van der Waals surface area contributed by atoms with Crippen LogP contribution in [0.4, 0.5) is 0 Å². The molecule has 0 radical (unpaired) electrons. The molecule has 2 N–H and O–H groups in total. The third-order valence-electron chi connectivity index (χ3n) is 3.14. The monoisotopic (exact) mass is 284 g/mol. The van der Waals surface area contributed by atoms with Crippen molar-refractivity contribution in [1.29, 1.82) is 0 Å². The molecule has 1 atom stereocenters. The highest BCUT2D eigenvalue weighted by atomic mass is 79.9. The van der Waals surface area contributed by atoms with Gasteiger partial charge in [-0.25, -0.2) is 0 Å². The Morgan fingerprint density at radius 3 is 2.75 bits per heavy atom. The van der Waals surface area contributed by atoms with Gasteiger partial charge in [-0.1, -0.05) is 15.9 Å². The summed E-state index contributed by atoms with van der Waals surface area (Å²) in [7, 11) is 0. The van der Waals surface area contributed by atoms with E-state index in [0.717, 1.165) is 36.2 Å². The Morgan fingerprint density at radius 1 is 1.38 bits per heavy atom.